The van der Waals surface area contributed by atoms with E-state index in [1.54, 1.807) is 18.2 Å². The van der Waals surface area contributed by atoms with Gasteiger partial charge < -0.3 is 15.2 Å². The van der Waals surface area contributed by atoms with Crippen molar-refractivity contribution >= 4 is 17.2 Å². The summed E-state index contributed by atoms with van der Waals surface area (Å²) in [4.78, 5) is 7.96. The predicted octanol–water partition coefficient (Wildman–Crippen LogP) is 4.67. The molecule has 0 fully saturated rings. The molecule has 2 N–H and O–H groups in total. The fourth-order valence-electron chi connectivity index (χ4n) is 3.15. The van der Waals surface area contributed by atoms with Gasteiger partial charge in [-0.3, -0.25) is 0 Å². The highest BCUT2D eigenvalue weighted by Gasteiger charge is 2.30. The summed E-state index contributed by atoms with van der Waals surface area (Å²) in [7, 11) is 1.43. The average Bonchev–Trinajstić information content (AvgIpc) is 3.22. The third-order valence-corrected chi connectivity index (χ3v) is 4.64. The quantitative estimate of drug-likeness (QED) is 0.600. The predicted molar refractivity (Wildman–Crippen MR) is 113 cm³/mol. The van der Waals surface area contributed by atoms with Crippen molar-refractivity contribution in [2.45, 2.75) is 19.0 Å². The minimum Gasteiger partial charge on any atom is -0.467 e. The summed E-state index contributed by atoms with van der Waals surface area (Å²) in [6, 6.07) is 13.9. The maximum atomic E-state index is 12.9. The van der Waals surface area contributed by atoms with Gasteiger partial charge in [0.15, 0.2) is 0 Å². The first-order valence-corrected chi connectivity index (χ1v) is 9.55. The number of halogens is 3. The molecular weight excluding hydrogens is 423 g/mol. The van der Waals surface area contributed by atoms with Crippen molar-refractivity contribution < 1.29 is 22.6 Å². The number of hydrogen-bond donors (Lipinski definition) is 1. The highest BCUT2D eigenvalue weighted by Crippen LogP contribution is 2.30. The Labute approximate surface area is 181 Å². The SMILES string of the molecule is COc1nc(N)cc(Oc2ccc(C3=NN=C(Cc4cccc(C(F)(F)F)c4)C3)cc2)n1. The second-order valence-electron chi connectivity index (χ2n) is 7.01. The van der Waals surface area contributed by atoms with E-state index in [0.29, 0.717) is 29.9 Å². The lowest BCUT2D eigenvalue weighted by Gasteiger charge is -2.09. The van der Waals surface area contributed by atoms with Crippen LogP contribution in [0.5, 0.6) is 17.6 Å². The van der Waals surface area contributed by atoms with Gasteiger partial charge in [0.1, 0.15) is 11.6 Å². The lowest BCUT2D eigenvalue weighted by Crippen LogP contribution is -2.09. The summed E-state index contributed by atoms with van der Waals surface area (Å²) in [5.74, 6) is 0.985. The number of benzene rings is 2. The molecule has 0 saturated carbocycles. The van der Waals surface area contributed by atoms with Crippen LogP contribution in [0.3, 0.4) is 0 Å². The topological polar surface area (TPSA) is 95.0 Å². The fourth-order valence-corrected chi connectivity index (χ4v) is 3.15. The largest absolute Gasteiger partial charge is 0.467 e. The second kappa shape index (κ2) is 8.66. The van der Waals surface area contributed by atoms with Crippen molar-refractivity contribution in [2.75, 3.05) is 12.8 Å². The molecule has 32 heavy (non-hydrogen) atoms. The third kappa shape index (κ3) is 5.02. The standard InChI is InChI=1S/C22H18F3N5O2/c1-31-21-27-19(26)12-20(28-21)32-17-7-5-14(6-8-17)18-11-16(29-30-18)10-13-3-2-4-15(9-13)22(23,24)25/h2-9,12H,10-11H2,1H3,(H2,26,27,28). The summed E-state index contributed by atoms with van der Waals surface area (Å²) in [5, 5.41) is 8.34. The second-order valence-corrected chi connectivity index (χ2v) is 7.01. The molecular formula is C22H18F3N5O2. The minimum atomic E-state index is -4.37. The molecule has 0 atom stereocenters. The van der Waals surface area contributed by atoms with Crippen molar-refractivity contribution in [3.8, 4) is 17.6 Å². The number of methoxy groups -OCH3 is 1. The van der Waals surface area contributed by atoms with Crippen LogP contribution in [0.2, 0.25) is 0 Å². The van der Waals surface area contributed by atoms with Crippen molar-refractivity contribution in [3.63, 3.8) is 0 Å². The molecule has 0 spiro atoms. The van der Waals surface area contributed by atoms with Gasteiger partial charge in [0, 0.05) is 18.9 Å². The lowest BCUT2D eigenvalue weighted by molar-refractivity contribution is -0.137. The summed E-state index contributed by atoms with van der Waals surface area (Å²) < 4.78 is 49.4. The maximum absolute atomic E-state index is 12.9. The first kappa shape index (κ1) is 21.3. The molecule has 0 unspecified atom stereocenters. The van der Waals surface area contributed by atoms with Crippen molar-refractivity contribution in [1.82, 2.24) is 9.97 Å². The third-order valence-electron chi connectivity index (χ3n) is 4.64. The monoisotopic (exact) mass is 441 g/mol. The van der Waals surface area contributed by atoms with Gasteiger partial charge in [-0.2, -0.15) is 33.3 Å². The minimum absolute atomic E-state index is 0.0994. The zero-order chi connectivity index (χ0) is 22.7. The van der Waals surface area contributed by atoms with Gasteiger partial charge >= 0.3 is 12.2 Å². The maximum Gasteiger partial charge on any atom is 0.416 e. The molecule has 0 saturated heterocycles. The number of rotatable bonds is 6. The van der Waals surface area contributed by atoms with Crippen LogP contribution in [-0.4, -0.2) is 28.5 Å². The zero-order valence-electron chi connectivity index (χ0n) is 16.9. The Morgan fingerprint density at radius 3 is 2.50 bits per heavy atom. The molecule has 4 rings (SSSR count). The Bertz CT molecular complexity index is 1190. The van der Waals surface area contributed by atoms with Crippen molar-refractivity contribution in [3.05, 3.63) is 71.3 Å². The molecule has 7 nitrogen and oxygen atoms in total. The number of nitrogens with zero attached hydrogens (tertiary/aromatic N) is 4. The molecule has 3 aromatic rings. The van der Waals surface area contributed by atoms with Gasteiger partial charge in [-0.05, 0) is 41.5 Å². The molecule has 0 amide bonds. The Kier molecular flexibility index (Phi) is 5.76. The zero-order valence-corrected chi connectivity index (χ0v) is 16.9. The van der Waals surface area contributed by atoms with E-state index in [9.17, 15) is 13.2 Å². The fraction of sp³-hybridized carbons (Fsp3) is 0.182. The number of hydrogen-bond acceptors (Lipinski definition) is 7. The van der Waals surface area contributed by atoms with Crippen LogP contribution < -0.4 is 15.2 Å². The van der Waals surface area contributed by atoms with Crippen LogP contribution in [0.1, 0.15) is 23.1 Å². The van der Waals surface area contributed by atoms with Gasteiger partial charge in [0.25, 0.3) is 0 Å². The number of nitrogen functional groups attached to an aromatic ring is 1. The van der Waals surface area contributed by atoms with Crippen molar-refractivity contribution in [1.29, 1.82) is 0 Å². The van der Waals surface area contributed by atoms with Crippen LogP contribution in [0.4, 0.5) is 19.0 Å². The molecule has 1 aliphatic rings. The number of aromatic nitrogens is 2. The van der Waals surface area contributed by atoms with Gasteiger partial charge in [0.05, 0.1) is 24.1 Å². The summed E-state index contributed by atoms with van der Waals surface area (Å²) >= 11 is 0. The highest BCUT2D eigenvalue weighted by molar-refractivity contribution is 6.15. The molecule has 1 aromatic heterocycles. The van der Waals surface area contributed by atoms with Crippen LogP contribution in [0, 0.1) is 0 Å². The number of alkyl halides is 3. The van der Waals surface area contributed by atoms with Gasteiger partial charge in [0.2, 0.25) is 5.88 Å². The average molecular weight is 441 g/mol. The number of ether oxygens (including phenoxy) is 2. The van der Waals surface area contributed by atoms with E-state index in [1.807, 2.05) is 12.1 Å². The lowest BCUT2D eigenvalue weighted by atomic mass is 10.00. The van der Waals surface area contributed by atoms with Gasteiger partial charge in [-0.1, -0.05) is 18.2 Å². The number of nitrogens with two attached hydrogens (primary N) is 1. The Morgan fingerprint density at radius 2 is 1.78 bits per heavy atom. The molecule has 0 bridgehead atoms. The molecule has 2 aromatic carbocycles. The van der Waals surface area contributed by atoms with Crippen LogP contribution in [0.25, 0.3) is 0 Å². The molecule has 1 aliphatic heterocycles. The molecule has 0 aliphatic carbocycles. The van der Waals surface area contributed by atoms with E-state index in [0.717, 1.165) is 23.4 Å². The van der Waals surface area contributed by atoms with E-state index >= 15 is 0 Å². The number of anilines is 1. The Morgan fingerprint density at radius 1 is 1.00 bits per heavy atom. The molecule has 0 radical (unpaired) electrons. The molecule has 164 valence electrons. The summed E-state index contributed by atoms with van der Waals surface area (Å²) in [6.07, 6.45) is -3.62. The Hall–Kier alpha value is -3.95. The first-order valence-electron chi connectivity index (χ1n) is 9.55. The normalized spacial score (nSPS) is 13.5. The highest BCUT2D eigenvalue weighted by atomic mass is 19.4. The molecule has 2 heterocycles. The van der Waals surface area contributed by atoms with Crippen molar-refractivity contribution in [2.24, 2.45) is 10.2 Å². The van der Waals surface area contributed by atoms with E-state index < -0.39 is 11.7 Å². The van der Waals surface area contributed by atoms with Gasteiger partial charge in [-0.15, -0.1) is 0 Å². The van der Waals surface area contributed by atoms with E-state index in [1.165, 1.54) is 19.2 Å². The van der Waals surface area contributed by atoms with Crippen LogP contribution in [0.15, 0.2) is 64.8 Å². The molecule has 10 heteroatoms. The van der Waals surface area contributed by atoms with E-state index in [2.05, 4.69) is 20.2 Å². The van der Waals surface area contributed by atoms with Crippen LogP contribution >= 0.6 is 0 Å². The van der Waals surface area contributed by atoms with E-state index in [-0.39, 0.29) is 17.7 Å². The van der Waals surface area contributed by atoms with Crippen LogP contribution in [-0.2, 0) is 12.6 Å². The van der Waals surface area contributed by atoms with Gasteiger partial charge in [-0.25, -0.2) is 0 Å². The van der Waals surface area contributed by atoms with E-state index in [4.69, 9.17) is 15.2 Å². The smallest absolute Gasteiger partial charge is 0.416 e. The first-order chi connectivity index (χ1) is 15.3. The Balaban J connectivity index is 1.39. The summed E-state index contributed by atoms with van der Waals surface area (Å²) in [6.45, 7) is 0. The summed E-state index contributed by atoms with van der Waals surface area (Å²) in [5.41, 5.74) is 7.82.